The molecule has 0 amide bonds. The molecule has 0 aliphatic carbocycles. The Morgan fingerprint density at radius 3 is 2.64 bits per heavy atom. The van der Waals surface area contributed by atoms with Crippen LogP contribution < -0.4 is 4.72 Å². The molecule has 118 valence electrons. The van der Waals surface area contributed by atoms with Crippen molar-refractivity contribution in [3.63, 3.8) is 0 Å². The first-order valence-electron chi connectivity index (χ1n) is 5.59. The molecular formula is C12H8BrF2NO4S2. The third-order valence-corrected chi connectivity index (χ3v) is 5.43. The molecular weight excluding hydrogens is 404 g/mol. The number of ether oxygens (including phenoxy) is 1. The Morgan fingerprint density at radius 1 is 1.32 bits per heavy atom. The lowest BCUT2D eigenvalue weighted by atomic mass is 10.3. The van der Waals surface area contributed by atoms with Crippen LogP contribution in [0.3, 0.4) is 0 Å². The number of hydrogen-bond acceptors (Lipinski definition) is 5. The molecule has 1 N–H and O–H groups in total. The molecule has 2 aromatic rings. The molecule has 0 aliphatic rings. The highest BCUT2D eigenvalue weighted by atomic mass is 79.9. The van der Waals surface area contributed by atoms with E-state index in [-0.39, 0.29) is 15.0 Å². The van der Waals surface area contributed by atoms with Gasteiger partial charge in [-0.05, 0) is 39.5 Å². The molecule has 0 radical (unpaired) electrons. The third kappa shape index (κ3) is 3.28. The highest BCUT2D eigenvalue weighted by Gasteiger charge is 2.24. The minimum Gasteiger partial charge on any atom is -0.465 e. The number of carbonyl (C=O) groups excluding carboxylic acids is 1. The number of carbonyl (C=O) groups is 1. The first-order chi connectivity index (χ1) is 10.3. The molecule has 0 aliphatic heterocycles. The summed E-state index contributed by atoms with van der Waals surface area (Å²) in [4.78, 5) is 10.6. The number of rotatable bonds is 4. The Bertz CT molecular complexity index is 836. The molecule has 0 fully saturated rings. The fourth-order valence-corrected chi connectivity index (χ4v) is 3.84. The predicted molar refractivity (Wildman–Crippen MR) is 80.5 cm³/mol. The van der Waals surface area contributed by atoms with Crippen molar-refractivity contribution in [2.45, 2.75) is 4.90 Å². The maximum atomic E-state index is 13.8. The molecule has 1 aromatic carbocycles. The quantitative estimate of drug-likeness (QED) is 0.618. The van der Waals surface area contributed by atoms with Gasteiger partial charge in [0.1, 0.15) is 21.4 Å². The van der Waals surface area contributed by atoms with Crippen LogP contribution in [0.5, 0.6) is 0 Å². The van der Waals surface area contributed by atoms with Gasteiger partial charge in [-0.2, -0.15) is 0 Å². The Balaban J connectivity index is 2.43. The molecule has 0 saturated heterocycles. The highest BCUT2D eigenvalue weighted by molar-refractivity contribution is 9.10. The van der Waals surface area contributed by atoms with E-state index in [1.165, 1.54) is 11.4 Å². The Hall–Kier alpha value is -1.52. The molecule has 1 heterocycles. The number of esters is 1. The van der Waals surface area contributed by atoms with E-state index in [0.29, 0.717) is 12.1 Å². The number of hydrogen-bond donors (Lipinski definition) is 1. The van der Waals surface area contributed by atoms with E-state index in [1.54, 1.807) is 0 Å². The average Bonchev–Trinajstić information content (AvgIpc) is 2.89. The molecule has 0 atom stereocenters. The van der Waals surface area contributed by atoms with Crippen molar-refractivity contribution >= 4 is 48.9 Å². The summed E-state index contributed by atoms with van der Waals surface area (Å²) < 4.78 is 57.9. The van der Waals surface area contributed by atoms with Crippen molar-refractivity contribution in [1.82, 2.24) is 0 Å². The zero-order valence-electron chi connectivity index (χ0n) is 10.9. The normalized spacial score (nSPS) is 11.3. The lowest BCUT2D eigenvalue weighted by Crippen LogP contribution is -2.16. The second-order valence-electron chi connectivity index (χ2n) is 3.96. The average molecular weight is 412 g/mol. The number of sulfonamides is 1. The number of nitrogens with one attached hydrogen (secondary N) is 1. The topological polar surface area (TPSA) is 72.5 Å². The smallest absolute Gasteiger partial charge is 0.350 e. The van der Waals surface area contributed by atoms with E-state index in [1.807, 2.05) is 4.72 Å². The SMILES string of the molecule is COC(=O)c1sccc1NS(=O)(=O)c1cc(F)c(Br)cc1F. The van der Waals surface area contributed by atoms with Gasteiger partial charge < -0.3 is 4.74 Å². The van der Waals surface area contributed by atoms with Crippen LogP contribution in [0.15, 0.2) is 32.9 Å². The van der Waals surface area contributed by atoms with Crippen molar-refractivity contribution in [3.8, 4) is 0 Å². The van der Waals surface area contributed by atoms with Gasteiger partial charge in [0.05, 0.1) is 17.3 Å². The second-order valence-corrected chi connectivity index (χ2v) is 7.38. The van der Waals surface area contributed by atoms with E-state index in [0.717, 1.165) is 18.4 Å². The van der Waals surface area contributed by atoms with Gasteiger partial charge in [0.15, 0.2) is 0 Å². The summed E-state index contributed by atoms with van der Waals surface area (Å²) in [5.41, 5.74) is -0.0698. The summed E-state index contributed by atoms with van der Waals surface area (Å²) in [6, 6.07) is 2.58. The van der Waals surface area contributed by atoms with Gasteiger partial charge in [0.2, 0.25) is 0 Å². The summed E-state index contributed by atoms with van der Waals surface area (Å²) in [6.07, 6.45) is 0. The summed E-state index contributed by atoms with van der Waals surface area (Å²) in [5.74, 6) is -2.80. The van der Waals surface area contributed by atoms with Gasteiger partial charge in [-0.3, -0.25) is 4.72 Å². The minimum absolute atomic E-state index is 0.00377. The van der Waals surface area contributed by atoms with Crippen molar-refractivity contribution < 1.29 is 26.7 Å². The van der Waals surface area contributed by atoms with Crippen LogP contribution in [0.2, 0.25) is 0 Å². The number of halogens is 3. The Kier molecular flexibility index (Phi) is 4.83. The van der Waals surface area contributed by atoms with Gasteiger partial charge in [0, 0.05) is 0 Å². The van der Waals surface area contributed by atoms with E-state index in [9.17, 15) is 22.0 Å². The molecule has 10 heteroatoms. The van der Waals surface area contributed by atoms with Gasteiger partial charge in [-0.1, -0.05) is 0 Å². The molecule has 1 aromatic heterocycles. The van der Waals surface area contributed by atoms with E-state index < -0.39 is 32.5 Å². The van der Waals surface area contributed by atoms with Gasteiger partial charge in [0.25, 0.3) is 10.0 Å². The number of thiophene rings is 1. The van der Waals surface area contributed by atoms with Crippen LogP contribution in [0.1, 0.15) is 9.67 Å². The van der Waals surface area contributed by atoms with Gasteiger partial charge >= 0.3 is 5.97 Å². The first-order valence-corrected chi connectivity index (χ1v) is 8.75. The second kappa shape index (κ2) is 6.31. The van der Waals surface area contributed by atoms with Crippen LogP contribution in [-0.2, 0) is 14.8 Å². The Labute approximate surface area is 137 Å². The standard InChI is InChI=1S/C12H8BrF2NO4S2/c1-20-12(17)11-9(2-3-21-11)16-22(18,19)10-5-7(14)6(13)4-8(10)15/h2-5,16H,1H3. The van der Waals surface area contributed by atoms with Crippen molar-refractivity contribution in [3.05, 3.63) is 44.6 Å². The summed E-state index contributed by atoms with van der Waals surface area (Å²) >= 11 is 3.71. The summed E-state index contributed by atoms with van der Waals surface area (Å²) in [5, 5.41) is 1.46. The lowest BCUT2D eigenvalue weighted by Gasteiger charge is -2.09. The van der Waals surface area contributed by atoms with Crippen LogP contribution in [0, 0.1) is 11.6 Å². The van der Waals surface area contributed by atoms with Crippen LogP contribution >= 0.6 is 27.3 Å². The molecule has 0 spiro atoms. The zero-order valence-corrected chi connectivity index (χ0v) is 14.1. The highest BCUT2D eigenvalue weighted by Crippen LogP contribution is 2.28. The van der Waals surface area contributed by atoms with E-state index >= 15 is 0 Å². The fraction of sp³-hybridized carbons (Fsp3) is 0.0833. The number of anilines is 1. The van der Waals surface area contributed by atoms with E-state index in [4.69, 9.17) is 0 Å². The van der Waals surface area contributed by atoms with Gasteiger partial charge in [-0.15, -0.1) is 11.3 Å². The molecule has 0 saturated carbocycles. The van der Waals surface area contributed by atoms with Crippen molar-refractivity contribution in [2.75, 3.05) is 11.8 Å². The fourth-order valence-electron chi connectivity index (χ4n) is 1.55. The van der Waals surface area contributed by atoms with Crippen molar-refractivity contribution in [1.29, 1.82) is 0 Å². The molecule has 2 rings (SSSR count). The number of benzene rings is 1. The zero-order chi connectivity index (χ0) is 16.5. The first kappa shape index (κ1) is 16.8. The monoisotopic (exact) mass is 411 g/mol. The number of methoxy groups -OCH3 is 1. The van der Waals surface area contributed by atoms with Crippen LogP contribution in [0.4, 0.5) is 14.5 Å². The minimum atomic E-state index is -4.40. The van der Waals surface area contributed by atoms with Crippen LogP contribution in [0.25, 0.3) is 0 Å². The largest absolute Gasteiger partial charge is 0.465 e. The molecule has 22 heavy (non-hydrogen) atoms. The molecule has 0 unspecified atom stereocenters. The molecule has 5 nitrogen and oxygen atoms in total. The van der Waals surface area contributed by atoms with Gasteiger partial charge in [-0.25, -0.2) is 22.0 Å². The maximum Gasteiger partial charge on any atom is 0.350 e. The lowest BCUT2D eigenvalue weighted by molar-refractivity contribution is 0.0607. The molecule has 0 bridgehead atoms. The van der Waals surface area contributed by atoms with Crippen molar-refractivity contribution in [2.24, 2.45) is 0 Å². The van der Waals surface area contributed by atoms with E-state index in [2.05, 4.69) is 20.7 Å². The third-order valence-electron chi connectivity index (χ3n) is 2.54. The van der Waals surface area contributed by atoms with Crippen LogP contribution in [-0.4, -0.2) is 21.5 Å². The maximum absolute atomic E-state index is 13.8. The predicted octanol–water partition coefficient (Wildman–Crippen LogP) is 3.38. The summed E-state index contributed by atoms with van der Waals surface area (Å²) in [7, 11) is -3.26. The summed E-state index contributed by atoms with van der Waals surface area (Å²) in [6.45, 7) is 0. The Morgan fingerprint density at radius 2 is 2.00 bits per heavy atom.